The van der Waals surface area contributed by atoms with Crippen LogP contribution in [0.4, 0.5) is 5.82 Å². The molecule has 3 heterocycles. The van der Waals surface area contributed by atoms with E-state index in [9.17, 15) is 0 Å². The highest BCUT2D eigenvalue weighted by Crippen LogP contribution is 2.31. The van der Waals surface area contributed by atoms with Crippen LogP contribution in [-0.4, -0.2) is 28.5 Å². The van der Waals surface area contributed by atoms with Gasteiger partial charge in [0.05, 0.1) is 5.52 Å². The lowest BCUT2D eigenvalue weighted by Gasteiger charge is -2.30. The fourth-order valence-electron chi connectivity index (χ4n) is 3.89. The number of pyridine rings is 1. The van der Waals surface area contributed by atoms with Gasteiger partial charge in [-0.3, -0.25) is 0 Å². The standard InChI is InChI=1S/C21H25N3S/c1-15(14-25-2)11-18-12-23-21(20-19(18)7-9-22-20)24-10-8-16-5-3-4-6-17(16)13-24/h3-7,9,12,15,22H,8,10-11,13-14H2,1-2H3. The highest BCUT2D eigenvalue weighted by molar-refractivity contribution is 7.98. The van der Waals surface area contributed by atoms with Crippen LogP contribution in [0.2, 0.25) is 0 Å². The van der Waals surface area contributed by atoms with E-state index >= 15 is 0 Å². The van der Waals surface area contributed by atoms with Crippen molar-refractivity contribution in [3.8, 4) is 0 Å². The van der Waals surface area contributed by atoms with Gasteiger partial charge in [0.1, 0.15) is 0 Å². The largest absolute Gasteiger partial charge is 0.358 e. The summed E-state index contributed by atoms with van der Waals surface area (Å²) in [7, 11) is 0. The molecular formula is C21H25N3S. The van der Waals surface area contributed by atoms with Crippen LogP contribution in [0.3, 0.4) is 0 Å². The number of anilines is 1. The van der Waals surface area contributed by atoms with E-state index in [1.807, 2.05) is 11.8 Å². The Balaban J connectivity index is 1.65. The van der Waals surface area contributed by atoms with E-state index in [1.54, 1.807) is 0 Å². The Morgan fingerprint density at radius 1 is 1.24 bits per heavy atom. The van der Waals surface area contributed by atoms with Gasteiger partial charge in [-0.2, -0.15) is 11.8 Å². The van der Waals surface area contributed by atoms with Crippen molar-refractivity contribution in [1.29, 1.82) is 0 Å². The van der Waals surface area contributed by atoms with Gasteiger partial charge in [0.15, 0.2) is 5.82 Å². The van der Waals surface area contributed by atoms with Crippen molar-refractivity contribution in [2.75, 3.05) is 23.5 Å². The van der Waals surface area contributed by atoms with E-state index in [4.69, 9.17) is 4.98 Å². The van der Waals surface area contributed by atoms with Crippen LogP contribution in [0, 0.1) is 5.92 Å². The minimum Gasteiger partial charge on any atom is -0.358 e. The molecule has 3 aromatic rings. The molecule has 1 unspecified atom stereocenters. The second-order valence-corrected chi connectivity index (χ2v) is 7.99. The first-order chi connectivity index (χ1) is 12.3. The Morgan fingerprint density at radius 2 is 2.08 bits per heavy atom. The maximum absolute atomic E-state index is 4.88. The molecule has 1 aliphatic rings. The van der Waals surface area contributed by atoms with Gasteiger partial charge in [0.25, 0.3) is 0 Å². The van der Waals surface area contributed by atoms with Crippen molar-refractivity contribution in [2.24, 2.45) is 5.92 Å². The van der Waals surface area contributed by atoms with E-state index in [-0.39, 0.29) is 0 Å². The maximum Gasteiger partial charge on any atom is 0.153 e. The number of rotatable bonds is 5. The molecule has 25 heavy (non-hydrogen) atoms. The summed E-state index contributed by atoms with van der Waals surface area (Å²) in [4.78, 5) is 10.7. The van der Waals surface area contributed by atoms with Crippen LogP contribution >= 0.6 is 11.8 Å². The van der Waals surface area contributed by atoms with Gasteiger partial charge >= 0.3 is 0 Å². The molecule has 0 saturated heterocycles. The van der Waals surface area contributed by atoms with Gasteiger partial charge < -0.3 is 9.88 Å². The lowest BCUT2D eigenvalue weighted by molar-refractivity contribution is 0.660. The topological polar surface area (TPSA) is 31.9 Å². The predicted octanol–water partition coefficient (Wildman–Crippen LogP) is 4.67. The zero-order chi connectivity index (χ0) is 17.2. The van der Waals surface area contributed by atoms with Crippen molar-refractivity contribution < 1.29 is 0 Å². The Morgan fingerprint density at radius 3 is 2.92 bits per heavy atom. The molecule has 3 nitrogen and oxygen atoms in total. The summed E-state index contributed by atoms with van der Waals surface area (Å²) in [5, 5.41) is 1.33. The van der Waals surface area contributed by atoms with Crippen LogP contribution in [-0.2, 0) is 19.4 Å². The molecule has 1 aliphatic heterocycles. The summed E-state index contributed by atoms with van der Waals surface area (Å²) < 4.78 is 0. The van der Waals surface area contributed by atoms with Crippen LogP contribution in [0.25, 0.3) is 10.9 Å². The molecule has 0 fully saturated rings. The van der Waals surface area contributed by atoms with Gasteiger partial charge in [-0.15, -0.1) is 0 Å². The third-order valence-corrected chi connectivity index (χ3v) is 6.01. The highest BCUT2D eigenvalue weighted by Gasteiger charge is 2.20. The number of aromatic amines is 1. The molecule has 0 amide bonds. The average Bonchev–Trinajstić information content (AvgIpc) is 3.12. The number of thioether (sulfide) groups is 1. The fourth-order valence-corrected chi connectivity index (χ4v) is 4.58. The van der Waals surface area contributed by atoms with E-state index in [1.165, 1.54) is 33.3 Å². The molecule has 2 aromatic heterocycles. The second kappa shape index (κ2) is 7.12. The summed E-state index contributed by atoms with van der Waals surface area (Å²) >= 11 is 1.92. The average molecular weight is 352 g/mol. The lowest BCUT2D eigenvalue weighted by Crippen LogP contribution is -2.31. The molecule has 1 N–H and O–H groups in total. The third-order valence-electron chi connectivity index (χ3n) is 5.11. The molecule has 4 rings (SSSR count). The van der Waals surface area contributed by atoms with E-state index in [0.717, 1.165) is 31.7 Å². The molecule has 0 aliphatic carbocycles. The minimum atomic E-state index is 0.669. The monoisotopic (exact) mass is 351 g/mol. The van der Waals surface area contributed by atoms with Gasteiger partial charge in [-0.25, -0.2) is 4.98 Å². The summed E-state index contributed by atoms with van der Waals surface area (Å²) in [6, 6.07) is 11.0. The predicted molar refractivity (Wildman–Crippen MR) is 109 cm³/mol. The summed E-state index contributed by atoms with van der Waals surface area (Å²) in [6.07, 6.45) is 8.51. The molecule has 0 spiro atoms. The minimum absolute atomic E-state index is 0.669. The SMILES string of the molecule is CSCC(C)Cc1cnc(N2CCc3ccccc3C2)c2[nH]ccc12. The molecular weight excluding hydrogens is 326 g/mol. The van der Waals surface area contributed by atoms with Crippen LogP contribution in [0.1, 0.15) is 23.6 Å². The molecule has 1 atom stereocenters. The first kappa shape index (κ1) is 16.5. The number of nitrogens with one attached hydrogen (secondary N) is 1. The first-order valence-corrected chi connectivity index (χ1v) is 10.4. The Kier molecular flexibility index (Phi) is 4.71. The molecule has 0 radical (unpaired) electrons. The number of H-pyrrole nitrogens is 1. The Labute approximate surface area is 153 Å². The van der Waals surface area contributed by atoms with Crippen LogP contribution < -0.4 is 4.90 Å². The van der Waals surface area contributed by atoms with E-state index in [2.05, 4.69) is 65.8 Å². The second-order valence-electron chi connectivity index (χ2n) is 7.08. The number of hydrogen-bond acceptors (Lipinski definition) is 3. The van der Waals surface area contributed by atoms with Crippen molar-refractivity contribution in [2.45, 2.75) is 26.3 Å². The molecule has 1 aromatic carbocycles. The summed E-state index contributed by atoms with van der Waals surface area (Å²) in [5.74, 6) is 2.95. The number of nitrogens with zero attached hydrogens (tertiary/aromatic N) is 2. The molecule has 130 valence electrons. The van der Waals surface area contributed by atoms with Crippen molar-refractivity contribution >= 4 is 28.5 Å². The van der Waals surface area contributed by atoms with Gasteiger partial charge in [-0.05, 0) is 53.5 Å². The zero-order valence-electron chi connectivity index (χ0n) is 15.0. The van der Waals surface area contributed by atoms with E-state index < -0.39 is 0 Å². The van der Waals surface area contributed by atoms with E-state index in [0.29, 0.717) is 5.92 Å². The number of benzene rings is 1. The van der Waals surface area contributed by atoms with Crippen molar-refractivity contribution in [3.05, 3.63) is 59.4 Å². The quantitative estimate of drug-likeness (QED) is 0.725. The smallest absolute Gasteiger partial charge is 0.153 e. The normalized spacial score (nSPS) is 15.4. The third kappa shape index (κ3) is 3.28. The summed E-state index contributed by atoms with van der Waals surface area (Å²) in [6.45, 7) is 4.30. The number of hydrogen-bond donors (Lipinski definition) is 1. The summed E-state index contributed by atoms with van der Waals surface area (Å²) in [5.41, 5.74) is 5.45. The first-order valence-electron chi connectivity index (χ1n) is 9.02. The molecule has 4 heteroatoms. The fraction of sp³-hybridized carbons (Fsp3) is 0.381. The number of fused-ring (bicyclic) bond motifs is 2. The van der Waals surface area contributed by atoms with Gasteiger partial charge in [0.2, 0.25) is 0 Å². The zero-order valence-corrected chi connectivity index (χ0v) is 15.8. The van der Waals surface area contributed by atoms with Crippen LogP contribution in [0.5, 0.6) is 0 Å². The molecule has 0 bridgehead atoms. The van der Waals surface area contributed by atoms with Crippen molar-refractivity contribution in [1.82, 2.24) is 9.97 Å². The van der Waals surface area contributed by atoms with Gasteiger partial charge in [-0.1, -0.05) is 31.2 Å². The van der Waals surface area contributed by atoms with Crippen LogP contribution in [0.15, 0.2) is 42.7 Å². The lowest BCUT2D eigenvalue weighted by atomic mass is 9.99. The number of aromatic nitrogens is 2. The van der Waals surface area contributed by atoms with Crippen molar-refractivity contribution in [3.63, 3.8) is 0 Å². The Bertz CT molecular complexity index is 870. The molecule has 0 saturated carbocycles. The highest BCUT2D eigenvalue weighted by atomic mass is 32.2. The maximum atomic E-state index is 4.88. The Hall–Kier alpha value is -1.94. The van der Waals surface area contributed by atoms with Gasteiger partial charge in [0, 0.05) is 30.9 Å².